The summed E-state index contributed by atoms with van der Waals surface area (Å²) >= 11 is 2.92. The van der Waals surface area contributed by atoms with E-state index in [0.717, 1.165) is 18.6 Å². The van der Waals surface area contributed by atoms with E-state index in [1.165, 1.54) is 4.90 Å². The second kappa shape index (κ2) is 7.07. The molecule has 0 aliphatic heterocycles. The summed E-state index contributed by atoms with van der Waals surface area (Å²) in [6, 6.07) is 1.88. The molecule has 4 nitrogen and oxygen atoms in total. The Morgan fingerprint density at radius 2 is 2.00 bits per heavy atom. The number of hydrogen-bond donors (Lipinski definition) is 0. The van der Waals surface area contributed by atoms with Crippen LogP contribution in [0.25, 0.3) is 0 Å². The van der Waals surface area contributed by atoms with Gasteiger partial charge in [-0.15, -0.1) is 0 Å². The maximum absolute atomic E-state index is 13.9. The first-order chi connectivity index (χ1) is 9.54. The summed E-state index contributed by atoms with van der Waals surface area (Å²) in [5.74, 6) is -0.983. The molecule has 21 heavy (non-hydrogen) atoms. The Bertz CT molecular complexity index is 649. The fourth-order valence-corrected chi connectivity index (χ4v) is 3.81. The molecule has 8 heteroatoms. The fourth-order valence-electron chi connectivity index (χ4n) is 1.64. The molecule has 0 bridgehead atoms. The molecule has 0 saturated carbocycles. The highest BCUT2D eigenvalue weighted by Gasteiger charge is 2.23. The summed E-state index contributed by atoms with van der Waals surface area (Å²) in [4.78, 5) is 13.2. The van der Waals surface area contributed by atoms with Crippen LogP contribution in [-0.2, 0) is 9.05 Å². The quantitative estimate of drug-likeness (QED) is 0.709. The highest BCUT2D eigenvalue weighted by molar-refractivity contribution is 9.10. The molecule has 0 unspecified atom stereocenters. The van der Waals surface area contributed by atoms with Gasteiger partial charge in [-0.25, -0.2) is 12.8 Å². The van der Waals surface area contributed by atoms with Gasteiger partial charge < -0.3 is 4.90 Å². The zero-order chi connectivity index (χ0) is 16.4. The summed E-state index contributed by atoms with van der Waals surface area (Å²) in [5.41, 5.74) is -0.316. The minimum atomic E-state index is -4.07. The average Bonchev–Trinajstić information content (AvgIpc) is 2.33. The minimum Gasteiger partial charge on any atom is -0.342 e. The van der Waals surface area contributed by atoms with Crippen LogP contribution in [0.1, 0.15) is 30.6 Å². The van der Waals surface area contributed by atoms with Crippen molar-refractivity contribution in [2.45, 2.75) is 25.2 Å². The van der Waals surface area contributed by atoms with Crippen molar-refractivity contribution in [3.8, 4) is 0 Å². The third-order valence-corrected chi connectivity index (χ3v) is 5.18. The molecule has 0 aromatic heterocycles. The normalized spacial score (nSPS) is 11.8. The monoisotopic (exact) mass is 399 g/mol. The molecule has 1 rings (SSSR count). The van der Waals surface area contributed by atoms with Crippen molar-refractivity contribution in [3.05, 3.63) is 28.0 Å². The number of rotatable bonds is 5. The van der Waals surface area contributed by atoms with Crippen LogP contribution in [0.15, 0.2) is 21.5 Å². The molecule has 0 aliphatic rings. The SMILES string of the molecule is CC(C)CCN(C)C(=O)c1cc(S(=O)(=O)Cl)c(Br)cc1F. The number of nitrogens with zero attached hydrogens (tertiary/aromatic N) is 1. The number of halogens is 3. The molecule has 1 aromatic carbocycles. The van der Waals surface area contributed by atoms with E-state index < -0.39 is 20.8 Å². The highest BCUT2D eigenvalue weighted by atomic mass is 79.9. The Kier molecular flexibility index (Phi) is 6.19. The Hall–Kier alpha value is -0.660. The van der Waals surface area contributed by atoms with Crippen molar-refractivity contribution in [2.75, 3.05) is 13.6 Å². The van der Waals surface area contributed by atoms with Gasteiger partial charge in [-0.05, 0) is 40.4 Å². The van der Waals surface area contributed by atoms with Crippen LogP contribution in [0.2, 0.25) is 0 Å². The van der Waals surface area contributed by atoms with E-state index in [1.54, 1.807) is 7.05 Å². The van der Waals surface area contributed by atoms with E-state index in [-0.39, 0.29) is 14.9 Å². The van der Waals surface area contributed by atoms with Gasteiger partial charge in [0.15, 0.2) is 0 Å². The molecule has 1 amide bonds. The van der Waals surface area contributed by atoms with Gasteiger partial charge in [-0.2, -0.15) is 0 Å². The number of amides is 1. The third-order valence-electron chi connectivity index (χ3n) is 2.90. The van der Waals surface area contributed by atoms with Gasteiger partial charge in [-0.3, -0.25) is 4.79 Å². The Balaban J connectivity index is 3.16. The fraction of sp³-hybridized carbons (Fsp3) is 0.462. The van der Waals surface area contributed by atoms with Crippen molar-refractivity contribution in [1.82, 2.24) is 4.90 Å². The van der Waals surface area contributed by atoms with Crippen molar-refractivity contribution in [1.29, 1.82) is 0 Å². The molecular weight excluding hydrogens is 385 g/mol. The summed E-state index contributed by atoms with van der Waals surface area (Å²) in [6.45, 7) is 4.47. The largest absolute Gasteiger partial charge is 0.342 e. The molecule has 118 valence electrons. The Morgan fingerprint density at radius 1 is 1.43 bits per heavy atom. The lowest BCUT2D eigenvalue weighted by atomic mass is 10.1. The lowest BCUT2D eigenvalue weighted by Crippen LogP contribution is -2.29. The lowest BCUT2D eigenvalue weighted by molar-refractivity contribution is 0.0784. The van der Waals surface area contributed by atoms with E-state index >= 15 is 0 Å². The zero-order valence-corrected chi connectivity index (χ0v) is 15.0. The number of carbonyl (C=O) groups is 1. The zero-order valence-electron chi connectivity index (χ0n) is 11.9. The van der Waals surface area contributed by atoms with Gasteiger partial charge in [0.1, 0.15) is 5.82 Å². The lowest BCUT2D eigenvalue weighted by Gasteiger charge is -2.19. The summed E-state index contributed by atoms with van der Waals surface area (Å²) in [7, 11) is 2.74. The van der Waals surface area contributed by atoms with Crippen LogP contribution < -0.4 is 0 Å². The maximum atomic E-state index is 13.9. The number of carbonyl (C=O) groups excluding carboxylic acids is 1. The molecule has 0 saturated heterocycles. The predicted molar refractivity (Wildman–Crippen MR) is 83.6 cm³/mol. The van der Waals surface area contributed by atoms with E-state index in [2.05, 4.69) is 15.9 Å². The van der Waals surface area contributed by atoms with Crippen molar-refractivity contribution < 1.29 is 17.6 Å². The van der Waals surface area contributed by atoms with Crippen LogP contribution in [0, 0.1) is 11.7 Å². The topological polar surface area (TPSA) is 54.5 Å². The molecule has 0 spiro atoms. The second-order valence-electron chi connectivity index (χ2n) is 5.11. The molecule has 0 atom stereocenters. The van der Waals surface area contributed by atoms with Gasteiger partial charge in [0.05, 0.1) is 10.5 Å². The van der Waals surface area contributed by atoms with Gasteiger partial charge in [0.25, 0.3) is 15.0 Å². The molecule has 1 aromatic rings. The molecule has 0 radical (unpaired) electrons. The summed E-state index contributed by atoms with van der Waals surface area (Å²) in [5, 5.41) is 0. The molecular formula is C13H16BrClFNO3S. The van der Waals surface area contributed by atoms with Crippen LogP contribution in [0.3, 0.4) is 0 Å². The van der Waals surface area contributed by atoms with Gasteiger partial charge in [-0.1, -0.05) is 13.8 Å². The standard InChI is InChI=1S/C13H16BrClFNO3S/c1-8(2)4-5-17(3)13(18)9-6-12(21(15,19)20)10(14)7-11(9)16/h6-8H,4-5H2,1-3H3. The van der Waals surface area contributed by atoms with E-state index in [1.807, 2.05) is 13.8 Å². The number of hydrogen-bond acceptors (Lipinski definition) is 3. The summed E-state index contributed by atoms with van der Waals surface area (Å²) in [6.07, 6.45) is 0.765. The molecule has 0 heterocycles. The predicted octanol–water partition coefficient (Wildman–Crippen LogP) is 3.63. The van der Waals surface area contributed by atoms with E-state index in [0.29, 0.717) is 12.5 Å². The van der Waals surface area contributed by atoms with Gasteiger partial charge in [0, 0.05) is 28.7 Å². The van der Waals surface area contributed by atoms with Crippen LogP contribution in [0.5, 0.6) is 0 Å². The van der Waals surface area contributed by atoms with E-state index in [4.69, 9.17) is 10.7 Å². The smallest absolute Gasteiger partial charge is 0.262 e. The van der Waals surface area contributed by atoms with Crippen molar-refractivity contribution in [2.24, 2.45) is 5.92 Å². The molecule has 0 aliphatic carbocycles. The Labute approximate surface area is 136 Å². The van der Waals surface area contributed by atoms with Crippen molar-refractivity contribution in [3.63, 3.8) is 0 Å². The molecule has 0 N–H and O–H groups in total. The van der Waals surface area contributed by atoms with Crippen LogP contribution in [0.4, 0.5) is 4.39 Å². The minimum absolute atomic E-state index is 0.0172. The molecule has 0 fully saturated rings. The van der Waals surface area contributed by atoms with Gasteiger partial charge in [0.2, 0.25) is 0 Å². The van der Waals surface area contributed by atoms with Gasteiger partial charge >= 0.3 is 0 Å². The third kappa shape index (κ3) is 4.93. The number of benzene rings is 1. The Morgan fingerprint density at radius 3 is 2.48 bits per heavy atom. The highest BCUT2D eigenvalue weighted by Crippen LogP contribution is 2.28. The first-order valence-electron chi connectivity index (χ1n) is 6.23. The van der Waals surface area contributed by atoms with E-state index in [9.17, 15) is 17.6 Å². The first-order valence-corrected chi connectivity index (χ1v) is 9.33. The van der Waals surface area contributed by atoms with Crippen LogP contribution in [-0.4, -0.2) is 32.8 Å². The summed E-state index contributed by atoms with van der Waals surface area (Å²) < 4.78 is 36.7. The van der Waals surface area contributed by atoms with Crippen molar-refractivity contribution >= 4 is 41.6 Å². The average molecular weight is 401 g/mol. The maximum Gasteiger partial charge on any atom is 0.262 e. The first kappa shape index (κ1) is 18.4. The van der Waals surface area contributed by atoms with Crippen LogP contribution >= 0.6 is 26.6 Å². The second-order valence-corrected chi connectivity index (χ2v) is 8.50.